The monoisotopic (exact) mass is 306 g/mol. The van der Waals surface area contributed by atoms with E-state index in [-0.39, 0.29) is 0 Å². The molecule has 124 valence electrons. The lowest BCUT2D eigenvalue weighted by atomic mass is 9.73. The summed E-state index contributed by atoms with van der Waals surface area (Å²) in [6, 6.07) is 1.09. The first-order valence-electron chi connectivity index (χ1n) is 9.10. The number of ketones is 1. The third-order valence-electron chi connectivity index (χ3n) is 5.81. The van der Waals surface area contributed by atoms with Gasteiger partial charge in [0.1, 0.15) is 5.78 Å². The Morgan fingerprint density at radius 1 is 1.32 bits per heavy atom. The average Bonchev–Trinajstić information content (AvgIpc) is 3.30. The van der Waals surface area contributed by atoms with Gasteiger partial charge >= 0.3 is 0 Å². The van der Waals surface area contributed by atoms with Gasteiger partial charge in [0.15, 0.2) is 0 Å². The number of carbonyl (C=O) groups is 2. The van der Waals surface area contributed by atoms with Gasteiger partial charge in [-0.2, -0.15) is 0 Å². The van der Waals surface area contributed by atoms with E-state index in [2.05, 4.69) is 11.8 Å². The van der Waals surface area contributed by atoms with Gasteiger partial charge in [0, 0.05) is 44.9 Å². The second-order valence-electron chi connectivity index (χ2n) is 7.65. The molecule has 1 amide bonds. The fourth-order valence-corrected chi connectivity index (χ4v) is 4.51. The topological polar surface area (TPSA) is 40.6 Å². The largest absolute Gasteiger partial charge is 0.343 e. The molecule has 4 heteroatoms. The minimum atomic E-state index is 0.310. The van der Waals surface area contributed by atoms with E-state index in [0.717, 1.165) is 45.2 Å². The van der Waals surface area contributed by atoms with Crippen LogP contribution in [-0.2, 0) is 9.59 Å². The van der Waals surface area contributed by atoms with Crippen LogP contribution in [0.1, 0.15) is 58.3 Å². The molecule has 3 fully saturated rings. The van der Waals surface area contributed by atoms with Gasteiger partial charge < -0.3 is 4.90 Å². The van der Waals surface area contributed by atoms with E-state index >= 15 is 0 Å². The molecule has 0 aromatic heterocycles. The number of carbonyl (C=O) groups excluding carboxylic acids is 2. The molecule has 2 saturated carbocycles. The van der Waals surface area contributed by atoms with Crippen LogP contribution in [0.5, 0.6) is 0 Å². The Kier molecular flexibility index (Phi) is 4.86. The molecule has 0 radical (unpaired) electrons. The normalized spacial score (nSPS) is 32.6. The van der Waals surface area contributed by atoms with Crippen molar-refractivity contribution < 1.29 is 9.59 Å². The lowest BCUT2D eigenvalue weighted by Gasteiger charge is -2.47. The predicted molar refractivity (Wildman–Crippen MR) is 86.5 cm³/mol. The summed E-state index contributed by atoms with van der Waals surface area (Å²) in [5, 5.41) is 0. The molecule has 1 aliphatic heterocycles. The minimum Gasteiger partial charge on any atom is -0.343 e. The average molecular weight is 306 g/mol. The molecule has 0 spiro atoms. The molecule has 0 bridgehead atoms. The Hall–Kier alpha value is -0.900. The van der Waals surface area contributed by atoms with Crippen molar-refractivity contribution in [3.8, 4) is 0 Å². The lowest BCUT2D eigenvalue weighted by Crippen LogP contribution is -2.52. The highest BCUT2D eigenvalue weighted by Gasteiger charge is 2.40. The number of piperidine rings is 1. The number of fused-ring (bicyclic) bond motifs is 1. The third-order valence-corrected chi connectivity index (χ3v) is 5.81. The standard InChI is InChI=1S/C18H30N2O2/c1-3-8-20-12-13(10-18(22)19(2)15-4-5-15)9-14-11-16(21)6-7-17(14)20/h13-15,17H,3-12H2,1-2H3/t13-,14-,17-/m1/s1. The molecule has 3 atom stereocenters. The van der Waals surface area contributed by atoms with Gasteiger partial charge in [0.2, 0.25) is 5.91 Å². The van der Waals surface area contributed by atoms with E-state index in [1.165, 1.54) is 12.8 Å². The van der Waals surface area contributed by atoms with Crippen molar-refractivity contribution in [3.05, 3.63) is 0 Å². The highest BCUT2D eigenvalue weighted by molar-refractivity contribution is 5.79. The maximum Gasteiger partial charge on any atom is 0.222 e. The Balaban J connectivity index is 1.62. The molecule has 3 aliphatic rings. The van der Waals surface area contributed by atoms with Crippen LogP contribution in [0.2, 0.25) is 0 Å². The van der Waals surface area contributed by atoms with Crippen molar-refractivity contribution in [3.63, 3.8) is 0 Å². The fraction of sp³-hybridized carbons (Fsp3) is 0.889. The summed E-state index contributed by atoms with van der Waals surface area (Å²) < 4.78 is 0. The number of likely N-dealkylation sites (tertiary alicyclic amines) is 1. The number of amides is 1. The van der Waals surface area contributed by atoms with Gasteiger partial charge in [-0.25, -0.2) is 0 Å². The van der Waals surface area contributed by atoms with E-state index in [1.54, 1.807) is 0 Å². The zero-order valence-electron chi connectivity index (χ0n) is 14.1. The van der Waals surface area contributed by atoms with Crippen LogP contribution < -0.4 is 0 Å². The summed E-state index contributed by atoms with van der Waals surface area (Å²) in [4.78, 5) is 28.8. The molecule has 0 aromatic carbocycles. The Bertz CT molecular complexity index is 433. The van der Waals surface area contributed by atoms with Crippen molar-refractivity contribution in [2.24, 2.45) is 11.8 Å². The Morgan fingerprint density at radius 3 is 2.77 bits per heavy atom. The molecule has 1 saturated heterocycles. The van der Waals surface area contributed by atoms with Crippen molar-refractivity contribution >= 4 is 11.7 Å². The first-order chi connectivity index (χ1) is 10.6. The van der Waals surface area contributed by atoms with Gasteiger partial charge in [-0.05, 0) is 50.5 Å². The summed E-state index contributed by atoms with van der Waals surface area (Å²) in [6.45, 7) is 4.38. The van der Waals surface area contributed by atoms with Crippen molar-refractivity contribution in [2.45, 2.75) is 70.4 Å². The first kappa shape index (κ1) is 16.0. The lowest BCUT2D eigenvalue weighted by molar-refractivity contribution is -0.132. The fourth-order valence-electron chi connectivity index (χ4n) is 4.51. The quantitative estimate of drug-likeness (QED) is 0.783. The smallest absolute Gasteiger partial charge is 0.222 e. The maximum atomic E-state index is 12.4. The summed E-state index contributed by atoms with van der Waals surface area (Å²) in [6.07, 6.45) is 7.78. The molecule has 0 N–H and O–H groups in total. The van der Waals surface area contributed by atoms with Crippen LogP contribution in [0, 0.1) is 11.8 Å². The van der Waals surface area contributed by atoms with Crippen LogP contribution >= 0.6 is 0 Å². The number of Topliss-reactive ketones (excluding diaryl/α,β-unsaturated/α-hetero) is 1. The van der Waals surface area contributed by atoms with Gasteiger partial charge in [-0.3, -0.25) is 14.5 Å². The summed E-state index contributed by atoms with van der Waals surface area (Å²) in [5.41, 5.74) is 0. The van der Waals surface area contributed by atoms with Crippen molar-refractivity contribution in [1.82, 2.24) is 9.80 Å². The van der Waals surface area contributed by atoms with Crippen LogP contribution in [0.15, 0.2) is 0 Å². The Labute approximate surface area is 134 Å². The SMILES string of the molecule is CCCN1C[C@@H](CC(=O)N(C)C2CC2)C[C@@H]2CC(=O)CC[C@H]21. The van der Waals surface area contributed by atoms with E-state index in [9.17, 15) is 9.59 Å². The van der Waals surface area contributed by atoms with E-state index in [0.29, 0.717) is 42.0 Å². The summed E-state index contributed by atoms with van der Waals surface area (Å²) in [5.74, 6) is 1.67. The van der Waals surface area contributed by atoms with Gasteiger partial charge in [-0.1, -0.05) is 6.92 Å². The number of hydrogen-bond donors (Lipinski definition) is 0. The second kappa shape index (κ2) is 6.69. The van der Waals surface area contributed by atoms with Crippen molar-refractivity contribution in [2.75, 3.05) is 20.1 Å². The van der Waals surface area contributed by atoms with Crippen LogP contribution in [0.3, 0.4) is 0 Å². The predicted octanol–water partition coefficient (Wildman–Crippen LogP) is 2.47. The number of hydrogen-bond acceptors (Lipinski definition) is 3. The maximum absolute atomic E-state index is 12.4. The first-order valence-corrected chi connectivity index (χ1v) is 9.10. The van der Waals surface area contributed by atoms with Gasteiger partial charge in [0.25, 0.3) is 0 Å². The van der Waals surface area contributed by atoms with Crippen LogP contribution in [0.25, 0.3) is 0 Å². The van der Waals surface area contributed by atoms with Crippen LogP contribution in [0.4, 0.5) is 0 Å². The second-order valence-corrected chi connectivity index (χ2v) is 7.65. The number of nitrogens with zero attached hydrogens (tertiary/aromatic N) is 2. The molecule has 1 heterocycles. The molecule has 4 nitrogen and oxygen atoms in total. The van der Waals surface area contributed by atoms with E-state index in [1.807, 2.05) is 11.9 Å². The molecule has 0 aromatic rings. The van der Waals surface area contributed by atoms with E-state index in [4.69, 9.17) is 0 Å². The highest BCUT2D eigenvalue weighted by atomic mass is 16.2. The van der Waals surface area contributed by atoms with Gasteiger partial charge in [-0.15, -0.1) is 0 Å². The summed E-state index contributed by atoms with van der Waals surface area (Å²) >= 11 is 0. The molecular formula is C18H30N2O2. The number of rotatable bonds is 5. The molecule has 3 rings (SSSR count). The zero-order chi connectivity index (χ0) is 15.7. The third kappa shape index (κ3) is 3.53. The Morgan fingerprint density at radius 2 is 2.09 bits per heavy atom. The zero-order valence-corrected chi connectivity index (χ0v) is 14.1. The molecular weight excluding hydrogens is 276 g/mol. The van der Waals surface area contributed by atoms with Crippen LogP contribution in [-0.4, -0.2) is 53.7 Å². The molecule has 2 aliphatic carbocycles. The molecule has 0 unspecified atom stereocenters. The highest BCUT2D eigenvalue weighted by Crippen LogP contribution is 2.38. The van der Waals surface area contributed by atoms with Gasteiger partial charge in [0.05, 0.1) is 0 Å². The van der Waals surface area contributed by atoms with Crippen molar-refractivity contribution in [1.29, 1.82) is 0 Å². The van der Waals surface area contributed by atoms with E-state index < -0.39 is 0 Å². The minimum absolute atomic E-state index is 0.310. The molecule has 22 heavy (non-hydrogen) atoms. The summed E-state index contributed by atoms with van der Waals surface area (Å²) in [7, 11) is 1.96.